The normalized spacial score (nSPS) is 12.5. The Morgan fingerprint density at radius 1 is 1.24 bits per heavy atom. The maximum absolute atomic E-state index is 13.8. The number of aryl methyl sites for hydroxylation is 1. The lowest BCUT2D eigenvalue weighted by Gasteiger charge is -2.19. The minimum Gasteiger partial charge on any atom is -0.335 e. The monoisotopic (exact) mass is 289 g/mol. The van der Waals surface area contributed by atoms with Gasteiger partial charge in [-0.1, -0.05) is 25.1 Å². The van der Waals surface area contributed by atoms with E-state index in [4.69, 9.17) is 0 Å². The van der Waals surface area contributed by atoms with Gasteiger partial charge >= 0.3 is 0 Å². The molecule has 0 saturated heterocycles. The van der Waals surface area contributed by atoms with Crippen molar-refractivity contribution in [3.8, 4) is 0 Å². The highest BCUT2D eigenvalue weighted by molar-refractivity contribution is 5.19. The van der Waals surface area contributed by atoms with Crippen LogP contribution in [0, 0.1) is 5.82 Å². The van der Waals surface area contributed by atoms with Gasteiger partial charge in [0.15, 0.2) is 0 Å². The summed E-state index contributed by atoms with van der Waals surface area (Å²) in [6.07, 6.45) is 6.39. The molecule has 1 aromatic heterocycles. The molecule has 21 heavy (non-hydrogen) atoms. The third-order valence-corrected chi connectivity index (χ3v) is 3.68. The van der Waals surface area contributed by atoms with Crippen molar-refractivity contribution < 1.29 is 4.39 Å². The largest absolute Gasteiger partial charge is 0.335 e. The van der Waals surface area contributed by atoms with Crippen LogP contribution in [0.25, 0.3) is 0 Å². The van der Waals surface area contributed by atoms with E-state index in [2.05, 4.69) is 28.7 Å². The number of rotatable bonds is 8. The van der Waals surface area contributed by atoms with Crippen LogP contribution in [0.2, 0.25) is 0 Å². The van der Waals surface area contributed by atoms with E-state index < -0.39 is 0 Å². The summed E-state index contributed by atoms with van der Waals surface area (Å²) in [5.74, 6) is 0.932. The zero-order valence-electron chi connectivity index (χ0n) is 12.8. The van der Waals surface area contributed by atoms with E-state index in [0.29, 0.717) is 6.42 Å². The molecule has 2 aromatic rings. The fourth-order valence-corrected chi connectivity index (χ4v) is 2.53. The topological polar surface area (TPSA) is 29.9 Å². The van der Waals surface area contributed by atoms with Crippen LogP contribution in [0.15, 0.2) is 36.7 Å². The predicted molar refractivity (Wildman–Crippen MR) is 83.8 cm³/mol. The fourth-order valence-electron chi connectivity index (χ4n) is 2.53. The molecule has 0 spiro atoms. The molecule has 0 aliphatic rings. The average Bonchev–Trinajstić information content (AvgIpc) is 2.94. The quantitative estimate of drug-likeness (QED) is 0.809. The Kier molecular flexibility index (Phi) is 5.93. The van der Waals surface area contributed by atoms with Gasteiger partial charge in [-0.05, 0) is 37.9 Å². The number of hydrogen-bond donors (Lipinski definition) is 1. The van der Waals surface area contributed by atoms with E-state index in [0.717, 1.165) is 37.3 Å². The van der Waals surface area contributed by atoms with Crippen LogP contribution < -0.4 is 5.32 Å². The number of nitrogens with zero attached hydrogens (tertiary/aromatic N) is 2. The Morgan fingerprint density at radius 3 is 2.76 bits per heavy atom. The Hall–Kier alpha value is -1.68. The molecule has 0 aliphatic heterocycles. The van der Waals surface area contributed by atoms with Crippen LogP contribution >= 0.6 is 0 Å². The van der Waals surface area contributed by atoms with Crippen LogP contribution in [-0.4, -0.2) is 22.1 Å². The van der Waals surface area contributed by atoms with Gasteiger partial charge in [-0.15, -0.1) is 0 Å². The second-order valence-corrected chi connectivity index (χ2v) is 5.28. The molecular formula is C17H24FN3. The summed E-state index contributed by atoms with van der Waals surface area (Å²) in [6, 6.07) is 7.22. The van der Waals surface area contributed by atoms with E-state index in [1.165, 1.54) is 6.07 Å². The van der Waals surface area contributed by atoms with Crippen molar-refractivity contribution in [2.75, 3.05) is 6.54 Å². The molecule has 0 bridgehead atoms. The van der Waals surface area contributed by atoms with Crippen LogP contribution in [-0.2, 0) is 19.4 Å². The number of aromatic nitrogens is 2. The highest BCUT2D eigenvalue weighted by Crippen LogP contribution is 2.12. The van der Waals surface area contributed by atoms with Crippen LogP contribution in [0.3, 0.4) is 0 Å². The van der Waals surface area contributed by atoms with Gasteiger partial charge < -0.3 is 9.88 Å². The smallest absolute Gasteiger partial charge is 0.126 e. The molecule has 1 heterocycles. The van der Waals surface area contributed by atoms with E-state index in [-0.39, 0.29) is 11.9 Å². The molecule has 1 N–H and O–H groups in total. The third kappa shape index (κ3) is 4.39. The van der Waals surface area contributed by atoms with Crippen molar-refractivity contribution in [3.05, 3.63) is 53.9 Å². The van der Waals surface area contributed by atoms with Crippen LogP contribution in [0.4, 0.5) is 4.39 Å². The maximum atomic E-state index is 13.8. The molecule has 114 valence electrons. The Balaban J connectivity index is 2.09. The van der Waals surface area contributed by atoms with E-state index in [9.17, 15) is 4.39 Å². The van der Waals surface area contributed by atoms with Crippen LogP contribution in [0.1, 0.15) is 31.7 Å². The Labute approximate surface area is 126 Å². The number of benzene rings is 1. The molecule has 1 unspecified atom stereocenters. The first-order chi connectivity index (χ1) is 10.2. The lowest BCUT2D eigenvalue weighted by atomic mass is 10.0. The molecule has 0 fully saturated rings. The lowest BCUT2D eigenvalue weighted by Crippen LogP contribution is -2.35. The van der Waals surface area contributed by atoms with Crippen molar-refractivity contribution in [2.24, 2.45) is 0 Å². The maximum Gasteiger partial charge on any atom is 0.126 e. The summed E-state index contributed by atoms with van der Waals surface area (Å²) in [7, 11) is 0. The molecule has 3 nitrogen and oxygen atoms in total. The number of imidazole rings is 1. The second kappa shape index (κ2) is 7.93. The standard InChI is InChI=1S/C17H24FN3/c1-3-9-19-15(12-14-7-5-6-8-16(14)18)13-17-20-10-11-21(17)4-2/h5-8,10-11,15,19H,3-4,9,12-13H2,1-2H3. The molecule has 2 rings (SSSR count). The van der Waals surface area contributed by atoms with Crippen molar-refractivity contribution in [1.82, 2.24) is 14.9 Å². The number of hydrogen-bond acceptors (Lipinski definition) is 2. The van der Waals surface area contributed by atoms with Crippen molar-refractivity contribution in [2.45, 2.75) is 45.7 Å². The minimum absolute atomic E-state index is 0.125. The Morgan fingerprint density at radius 2 is 2.05 bits per heavy atom. The molecular weight excluding hydrogens is 265 g/mol. The van der Waals surface area contributed by atoms with Gasteiger partial charge in [0.2, 0.25) is 0 Å². The zero-order chi connectivity index (χ0) is 15.1. The highest BCUT2D eigenvalue weighted by atomic mass is 19.1. The highest BCUT2D eigenvalue weighted by Gasteiger charge is 2.15. The zero-order valence-corrected chi connectivity index (χ0v) is 12.8. The van der Waals surface area contributed by atoms with Gasteiger partial charge in [0.25, 0.3) is 0 Å². The SMILES string of the molecule is CCCNC(Cc1ccccc1F)Cc1nccn1CC. The summed E-state index contributed by atoms with van der Waals surface area (Å²) in [4.78, 5) is 4.43. The first kappa shape index (κ1) is 15.7. The van der Waals surface area contributed by atoms with Gasteiger partial charge in [0.1, 0.15) is 11.6 Å². The summed E-state index contributed by atoms with van der Waals surface area (Å²) < 4.78 is 16.0. The molecule has 4 heteroatoms. The number of nitrogens with one attached hydrogen (secondary N) is 1. The van der Waals surface area contributed by atoms with Gasteiger partial charge in [-0.2, -0.15) is 0 Å². The molecule has 0 saturated carbocycles. The van der Waals surface area contributed by atoms with Crippen LogP contribution in [0.5, 0.6) is 0 Å². The van der Waals surface area contributed by atoms with E-state index in [1.807, 2.05) is 24.5 Å². The van der Waals surface area contributed by atoms with E-state index >= 15 is 0 Å². The predicted octanol–water partition coefficient (Wildman–Crippen LogP) is 3.20. The third-order valence-electron chi connectivity index (χ3n) is 3.68. The molecule has 0 radical (unpaired) electrons. The first-order valence-electron chi connectivity index (χ1n) is 7.71. The van der Waals surface area contributed by atoms with Gasteiger partial charge in [-0.25, -0.2) is 9.37 Å². The molecule has 0 aliphatic carbocycles. The van der Waals surface area contributed by atoms with Crippen molar-refractivity contribution in [1.29, 1.82) is 0 Å². The molecule has 1 atom stereocenters. The van der Waals surface area contributed by atoms with Gasteiger partial charge in [-0.3, -0.25) is 0 Å². The van der Waals surface area contributed by atoms with Gasteiger partial charge in [0.05, 0.1) is 0 Å². The fraction of sp³-hybridized carbons (Fsp3) is 0.471. The molecule has 1 aromatic carbocycles. The minimum atomic E-state index is -0.125. The van der Waals surface area contributed by atoms with Crippen molar-refractivity contribution in [3.63, 3.8) is 0 Å². The lowest BCUT2D eigenvalue weighted by molar-refractivity contribution is 0.476. The van der Waals surface area contributed by atoms with Gasteiger partial charge in [0, 0.05) is 31.4 Å². The summed E-state index contributed by atoms with van der Waals surface area (Å²) in [6.45, 7) is 6.10. The summed E-state index contributed by atoms with van der Waals surface area (Å²) in [5, 5.41) is 3.51. The summed E-state index contributed by atoms with van der Waals surface area (Å²) in [5.41, 5.74) is 0.765. The van der Waals surface area contributed by atoms with Crippen molar-refractivity contribution >= 4 is 0 Å². The number of halogens is 1. The van der Waals surface area contributed by atoms with E-state index in [1.54, 1.807) is 6.07 Å². The molecule has 0 amide bonds. The average molecular weight is 289 g/mol. The Bertz CT molecular complexity index is 550. The second-order valence-electron chi connectivity index (χ2n) is 5.28. The first-order valence-corrected chi connectivity index (χ1v) is 7.71. The summed E-state index contributed by atoms with van der Waals surface area (Å²) >= 11 is 0.